The average Bonchev–Trinajstić information content (AvgIpc) is 2.67. The summed E-state index contributed by atoms with van der Waals surface area (Å²) in [6.45, 7) is 4.44. The van der Waals surface area contributed by atoms with Crippen molar-refractivity contribution in [3.05, 3.63) is 59.7 Å². The van der Waals surface area contributed by atoms with E-state index in [1.165, 1.54) is 5.56 Å². The Morgan fingerprint density at radius 1 is 0.962 bits per heavy atom. The van der Waals surface area contributed by atoms with Gasteiger partial charge in [-0.05, 0) is 54.8 Å². The van der Waals surface area contributed by atoms with Crippen molar-refractivity contribution in [1.82, 2.24) is 0 Å². The van der Waals surface area contributed by atoms with E-state index in [4.69, 9.17) is 9.47 Å². The number of aryl methyl sites for hydroxylation is 1. The lowest BCUT2D eigenvalue weighted by Crippen LogP contribution is -2.20. The number of carbonyl (C=O) groups excluding carboxylic acids is 2. The van der Waals surface area contributed by atoms with Crippen LogP contribution in [0.25, 0.3) is 0 Å². The molecule has 0 unspecified atom stereocenters. The van der Waals surface area contributed by atoms with Crippen LogP contribution in [0.2, 0.25) is 0 Å². The quantitative estimate of drug-likeness (QED) is 0.540. The first kappa shape index (κ1) is 19.5. The van der Waals surface area contributed by atoms with Crippen molar-refractivity contribution in [2.75, 3.05) is 18.5 Å². The normalized spacial score (nSPS) is 10.2. The second kappa shape index (κ2) is 10.2. The molecule has 138 valence electrons. The van der Waals surface area contributed by atoms with E-state index in [2.05, 4.69) is 12.2 Å². The predicted octanol–water partition coefficient (Wildman–Crippen LogP) is 4.22. The monoisotopic (exact) mass is 355 g/mol. The van der Waals surface area contributed by atoms with Gasteiger partial charge in [-0.25, -0.2) is 4.79 Å². The van der Waals surface area contributed by atoms with Crippen LogP contribution in [0.3, 0.4) is 0 Å². The molecule has 2 aromatic rings. The van der Waals surface area contributed by atoms with Crippen molar-refractivity contribution in [3.8, 4) is 5.75 Å². The van der Waals surface area contributed by atoms with Gasteiger partial charge in [-0.3, -0.25) is 4.79 Å². The third-order valence-corrected chi connectivity index (χ3v) is 3.84. The SMILES string of the molecule is CCCCOC(=O)c1ccc(OCC(=O)Nc2ccc(CC)cc2)cc1. The smallest absolute Gasteiger partial charge is 0.338 e. The Morgan fingerprint density at radius 3 is 2.27 bits per heavy atom. The molecule has 0 aliphatic rings. The maximum absolute atomic E-state index is 12.0. The summed E-state index contributed by atoms with van der Waals surface area (Å²) in [6, 6.07) is 14.3. The molecule has 0 aliphatic carbocycles. The van der Waals surface area contributed by atoms with Gasteiger partial charge in [-0.1, -0.05) is 32.4 Å². The van der Waals surface area contributed by atoms with Crippen LogP contribution in [0.1, 0.15) is 42.6 Å². The van der Waals surface area contributed by atoms with Gasteiger partial charge < -0.3 is 14.8 Å². The number of anilines is 1. The van der Waals surface area contributed by atoms with Crippen molar-refractivity contribution >= 4 is 17.6 Å². The average molecular weight is 355 g/mol. The highest BCUT2D eigenvalue weighted by Crippen LogP contribution is 2.14. The number of hydrogen-bond donors (Lipinski definition) is 1. The summed E-state index contributed by atoms with van der Waals surface area (Å²) in [6.07, 6.45) is 2.79. The number of carbonyl (C=O) groups is 2. The van der Waals surface area contributed by atoms with Gasteiger partial charge >= 0.3 is 5.97 Å². The number of rotatable bonds is 9. The summed E-state index contributed by atoms with van der Waals surface area (Å²) in [5.74, 6) is -0.0674. The number of hydrogen-bond acceptors (Lipinski definition) is 4. The Labute approximate surface area is 154 Å². The summed E-state index contributed by atoms with van der Waals surface area (Å²) >= 11 is 0. The Morgan fingerprint density at radius 2 is 1.65 bits per heavy atom. The molecule has 1 amide bonds. The minimum atomic E-state index is -0.349. The molecule has 0 aliphatic heterocycles. The van der Waals surface area contributed by atoms with Gasteiger partial charge in [-0.15, -0.1) is 0 Å². The minimum Gasteiger partial charge on any atom is -0.484 e. The topological polar surface area (TPSA) is 64.6 Å². The first-order valence-corrected chi connectivity index (χ1v) is 8.91. The predicted molar refractivity (Wildman–Crippen MR) is 102 cm³/mol. The second-order valence-electron chi connectivity index (χ2n) is 5.90. The van der Waals surface area contributed by atoms with Gasteiger partial charge in [0.25, 0.3) is 5.91 Å². The molecule has 2 rings (SSSR count). The number of ether oxygens (including phenoxy) is 2. The molecule has 0 fully saturated rings. The third kappa shape index (κ3) is 6.24. The van der Waals surface area contributed by atoms with Gasteiger partial charge in [0.1, 0.15) is 5.75 Å². The van der Waals surface area contributed by atoms with Crippen LogP contribution in [-0.4, -0.2) is 25.1 Å². The van der Waals surface area contributed by atoms with Crippen molar-refractivity contribution in [2.45, 2.75) is 33.1 Å². The molecule has 2 aromatic carbocycles. The molecule has 26 heavy (non-hydrogen) atoms. The summed E-state index contributed by atoms with van der Waals surface area (Å²) in [4.78, 5) is 23.8. The van der Waals surface area contributed by atoms with E-state index in [9.17, 15) is 9.59 Å². The molecule has 0 spiro atoms. The molecular formula is C21H25NO4. The van der Waals surface area contributed by atoms with Crippen LogP contribution in [-0.2, 0) is 16.0 Å². The largest absolute Gasteiger partial charge is 0.484 e. The summed E-state index contributed by atoms with van der Waals surface area (Å²) in [5, 5.41) is 2.78. The van der Waals surface area contributed by atoms with Gasteiger partial charge in [0.15, 0.2) is 6.61 Å². The lowest BCUT2D eigenvalue weighted by atomic mass is 10.1. The van der Waals surface area contributed by atoms with E-state index in [0.29, 0.717) is 17.9 Å². The third-order valence-electron chi connectivity index (χ3n) is 3.84. The van der Waals surface area contributed by atoms with E-state index in [1.807, 2.05) is 31.2 Å². The highest BCUT2D eigenvalue weighted by atomic mass is 16.5. The van der Waals surface area contributed by atoms with Crippen molar-refractivity contribution in [1.29, 1.82) is 0 Å². The standard InChI is InChI=1S/C21H25NO4/c1-3-5-14-25-21(24)17-8-12-19(13-9-17)26-15-20(23)22-18-10-6-16(4-2)7-11-18/h6-13H,3-5,14-15H2,1-2H3,(H,22,23). The van der Waals surface area contributed by atoms with E-state index in [1.54, 1.807) is 24.3 Å². The van der Waals surface area contributed by atoms with Crippen LogP contribution >= 0.6 is 0 Å². The zero-order valence-electron chi connectivity index (χ0n) is 15.3. The maximum Gasteiger partial charge on any atom is 0.338 e. The lowest BCUT2D eigenvalue weighted by molar-refractivity contribution is -0.118. The Balaban J connectivity index is 1.79. The van der Waals surface area contributed by atoms with Gasteiger partial charge in [0.2, 0.25) is 0 Å². The Kier molecular flexibility index (Phi) is 7.68. The molecule has 0 saturated carbocycles. The van der Waals surface area contributed by atoms with E-state index in [0.717, 1.165) is 24.9 Å². The van der Waals surface area contributed by atoms with Crippen molar-refractivity contribution in [3.63, 3.8) is 0 Å². The number of benzene rings is 2. The van der Waals surface area contributed by atoms with Crippen LogP contribution in [0.5, 0.6) is 5.75 Å². The van der Waals surface area contributed by atoms with Gasteiger partial charge in [-0.2, -0.15) is 0 Å². The number of esters is 1. The van der Waals surface area contributed by atoms with Crippen LogP contribution in [0.15, 0.2) is 48.5 Å². The molecule has 0 bridgehead atoms. The van der Waals surface area contributed by atoms with E-state index >= 15 is 0 Å². The molecular weight excluding hydrogens is 330 g/mol. The first-order valence-electron chi connectivity index (χ1n) is 8.91. The molecule has 0 radical (unpaired) electrons. The zero-order chi connectivity index (χ0) is 18.8. The van der Waals surface area contributed by atoms with Gasteiger partial charge in [0, 0.05) is 5.69 Å². The fraction of sp³-hybridized carbons (Fsp3) is 0.333. The lowest BCUT2D eigenvalue weighted by Gasteiger charge is -2.09. The van der Waals surface area contributed by atoms with Crippen LogP contribution < -0.4 is 10.1 Å². The van der Waals surface area contributed by atoms with Crippen LogP contribution in [0, 0.1) is 0 Å². The van der Waals surface area contributed by atoms with E-state index in [-0.39, 0.29) is 18.5 Å². The summed E-state index contributed by atoms with van der Waals surface area (Å²) in [5.41, 5.74) is 2.42. The second-order valence-corrected chi connectivity index (χ2v) is 5.90. The highest BCUT2D eigenvalue weighted by molar-refractivity contribution is 5.92. The molecule has 0 atom stereocenters. The van der Waals surface area contributed by atoms with Crippen molar-refractivity contribution in [2.24, 2.45) is 0 Å². The molecule has 0 saturated heterocycles. The Bertz CT molecular complexity index is 708. The van der Waals surface area contributed by atoms with E-state index < -0.39 is 0 Å². The number of nitrogens with one attached hydrogen (secondary N) is 1. The number of unbranched alkanes of at least 4 members (excludes halogenated alkanes) is 1. The first-order chi connectivity index (χ1) is 12.6. The fourth-order valence-electron chi connectivity index (χ4n) is 2.25. The fourth-order valence-corrected chi connectivity index (χ4v) is 2.25. The highest BCUT2D eigenvalue weighted by Gasteiger charge is 2.08. The molecule has 5 nitrogen and oxygen atoms in total. The summed E-state index contributed by atoms with van der Waals surface area (Å²) < 4.78 is 10.6. The summed E-state index contributed by atoms with van der Waals surface area (Å²) in [7, 11) is 0. The van der Waals surface area contributed by atoms with Crippen LogP contribution in [0.4, 0.5) is 5.69 Å². The minimum absolute atomic E-state index is 0.101. The molecule has 5 heteroatoms. The molecule has 1 N–H and O–H groups in total. The molecule has 0 aromatic heterocycles. The number of amides is 1. The van der Waals surface area contributed by atoms with Crippen molar-refractivity contribution < 1.29 is 19.1 Å². The molecule has 0 heterocycles. The Hall–Kier alpha value is -2.82. The van der Waals surface area contributed by atoms with Gasteiger partial charge in [0.05, 0.1) is 12.2 Å². The zero-order valence-corrected chi connectivity index (χ0v) is 15.3. The maximum atomic E-state index is 12.0.